The van der Waals surface area contributed by atoms with Crippen molar-refractivity contribution in [1.29, 1.82) is 0 Å². The molecule has 0 rings (SSSR count). The highest BCUT2D eigenvalue weighted by Crippen LogP contribution is 1.99. The molecular formula is C9H21NO. The van der Waals surface area contributed by atoms with Gasteiger partial charge in [-0.1, -0.05) is 27.2 Å². The van der Waals surface area contributed by atoms with Gasteiger partial charge in [-0.25, -0.2) is 0 Å². The van der Waals surface area contributed by atoms with Crippen molar-refractivity contribution < 1.29 is 4.74 Å². The van der Waals surface area contributed by atoms with E-state index < -0.39 is 0 Å². The number of likely N-dealkylation sites (N-methyl/N-ethyl adjacent to an activating group) is 1. The normalized spacial score (nSPS) is 13.4. The van der Waals surface area contributed by atoms with Gasteiger partial charge < -0.3 is 10.1 Å². The fourth-order valence-electron chi connectivity index (χ4n) is 0.723. The van der Waals surface area contributed by atoms with Crippen molar-refractivity contribution in [3.63, 3.8) is 0 Å². The van der Waals surface area contributed by atoms with E-state index in [4.69, 9.17) is 4.74 Å². The van der Waals surface area contributed by atoms with Crippen LogP contribution in [0.2, 0.25) is 0 Å². The molecule has 0 fully saturated rings. The van der Waals surface area contributed by atoms with Crippen LogP contribution in [0.3, 0.4) is 0 Å². The Labute approximate surface area is 70.3 Å². The quantitative estimate of drug-likeness (QED) is 0.570. The van der Waals surface area contributed by atoms with Crippen molar-refractivity contribution in [2.75, 3.05) is 26.3 Å². The van der Waals surface area contributed by atoms with Crippen LogP contribution in [0.15, 0.2) is 0 Å². The van der Waals surface area contributed by atoms with E-state index in [9.17, 15) is 0 Å². The van der Waals surface area contributed by atoms with Crippen molar-refractivity contribution >= 4 is 0 Å². The van der Waals surface area contributed by atoms with Crippen molar-refractivity contribution in [2.24, 2.45) is 5.92 Å². The molecule has 1 atom stereocenters. The molecule has 68 valence electrons. The Morgan fingerprint density at radius 2 is 2.09 bits per heavy atom. The molecule has 0 aromatic rings. The van der Waals surface area contributed by atoms with Crippen molar-refractivity contribution in [3.05, 3.63) is 0 Å². The smallest absolute Gasteiger partial charge is 0.0591 e. The van der Waals surface area contributed by atoms with Crippen LogP contribution in [-0.4, -0.2) is 26.3 Å². The van der Waals surface area contributed by atoms with E-state index in [1.165, 1.54) is 6.42 Å². The average Bonchev–Trinajstić information content (AvgIpc) is 2.04. The molecule has 0 amide bonds. The van der Waals surface area contributed by atoms with Gasteiger partial charge in [-0.15, -0.1) is 0 Å². The number of ether oxygens (including phenoxy) is 1. The number of nitrogens with one attached hydrogen (secondary N) is 1. The highest BCUT2D eigenvalue weighted by molar-refractivity contribution is 4.47. The van der Waals surface area contributed by atoms with Gasteiger partial charge in [0.05, 0.1) is 6.61 Å². The van der Waals surface area contributed by atoms with Gasteiger partial charge in [0.25, 0.3) is 0 Å². The minimum atomic E-state index is 0.705. The largest absolute Gasteiger partial charge is 0.380 e. The molecule has 2 heteroatoms. The van der Waals surface area contributed by atoms with Gasteiger partial charge in [-0.2, -0.15) is 0 Å². The summed E-state index contributed by atoms with van der Waals surface area (Å²) < 4.78 is 5.43. The molecule has 0 aromatic carbocycles. The van der Waals surface area contributed by atoms with Gasteiger partial charge in [0.1, 0.15) is 0 Å². The summed E-state index contributed by atoms with van der Waals surface area (Å²) in [6, 6.07) is 0. The maximum atomic E-state index is 5.43. The lowest BCUT2D eigenvalue weighted by Crippen LogP contribution is -2.20. The Hall–Kier alpha value is -0.0800. The summed E-state index contributed by atoms with van der Waals surface area (Å²) in [7, 11) is 0. The molecule has 0 aromatic heterocycles. The Morgan fingerprint density at radius 1 is 1.36 bits per heavy atom. The highest BCUT2D eigenvalue weighted by Gasteiger charge is 1.96. The standard InChI is InChI=1S/C9H21NO/c1-4-9(3)8-11-7-6-10-5-2/h9-10H,4-8H2,1-3H3. The highest BCUT2D eigenvalue weighted by atomic mass is 16.5. The SMILES string of the molecule is CCNCCOCC(C)CC. The van der Waals surface area contributed by atoms with Crippen LogP contribution in [0.25, 0.3) is 0 Å². The monoisotopic (exact) mass is 159 g/mol. The zero-order chi connectivity index (χ0) is 8.53. The van der Waals surface area contributed by atoms with E-state index >= 15 is 0 Å². The van der Waals surface area contributed by atoms with Crippen molar-refractivity contribution in [2.45, 2.75) is 27.2 Å². The molecule has 0 aliphatic carbocycles. The second-order valence-corrected chi connectivity index (χ2v) is 2.94. The molecule has 0 aliphatic rings. The zero-order valence-electron chi connectivity index (χ0n) is 8.02. The summed E-state index contributed by atoms with van der Waals surface area (Å²) in [6.07, 6.45) is 1.21. The minimum absolute atomic E-state index is 0.705. The average molecular weight is 159 g/mol. The van der Waals surface area contributed by atoms with E-state index in [1.54, 1.807) is 0 Å². The lowest BCUT2D eigenvalue weighted by Gasteiger charge is -2.08. The van der Waals surface area contributed by atoms with Gasteiger partial charge in [-0.05, 0) is 12.5 Å². The first kappa shape index (κ1) is 10.9. The van der Waals surface area contributed by atoms with E-state index in [1.807, 2.05) is 0 Å². The van der Waals surface area contributed by atoms with E-state index in [2.05, 4.69) is 26.1 Å². The zero-order valence-corrected chi connectivity index (χ0v) is 8.02. The second kappa shape index (κ2) is 8.02. The Kier molecular flexibility index (Phi) is 7.96. The molecule has 1 unspecified atom stereocenters. The topological polar surface area (TPSA) is 21.3 Å². The molecule has 0 radical (unpaired) electrons. The maximum Gasteiger partial charge on any atom is 0.0591 e. The van der Waals surface area contributed by atoms with Crippen LogP contribution in [-0.2, 0) is 4.74 Å². The molecule has 0 saturated heterocycles. The first-order valence-corrected chi connectivity index (χ1v) is 4.59. The van der Waals surface area contributed by atoms with Crippen LogP contribution >= 0.6 is 0 Å². The summed E-state index contributed by atoms with van der Waals surface area (Å²) >= 11 is 0. The fourth-order valence-corrected chi connectivity index (χ4v) is 0.723. The number of hydrogen-bond donors (Lipinski definition) is 1. The first-order valence-electron chi connectivity index (χ1n) is 4.59. The summed E-state index contributed by atoms with van der Waals surface area (Å²) in [5.41, 5.74) is 0. The predicted molar refractivity (Wildman–Crippen MR) is 48.8 cm³/mol. The summed E-state index contributed by atoms with van der Waals surface area (Å²) in [5, 5.41) is 3.21. The van der Waals surface area contributed by atoms with Crippen LogP contribution in [0.5, 0.6) is 0 Å². The maximum absolute atomic E-state index is 5.43. The van der Waals surface area contributed by atoms with E-state index in [0.29, 0.717) is 5.92 Å². The second-order valence-electron chi connectivity index (χ2n) is 2.94. The first-order chi connectivity index (χ1) is 5.31. The molecule has 0 bridgehead atoms. The molecule has 0 spiro atoms. The molecule has 2 nitrogen and oxygen atoms in total. The van der Waals surface area contributed by atoms with Gasteiger partial charge in [-0.3, -0.25) is 0 Å². The van der Waals surface area contributed by atoms with Gasteiger partial charge in [0, 0.05) is 13.2 Å². The van der Waals surface area contributed by atoms with Crippen molar-refractivity contribution in [1.82, 2.24) is 5.32 Å². The van der Waals surface area contributed by atoms with Gasteiger partial charge >= 0.3 is 0 Å². The van der Waals surface area contributed by atoms with Crippen LogP contribution in [0.1, 0.15) is 27.2 Å². The van der Waals surface area contributed by atoms with E-state index in [-0.39, 0.29) is 0 Å². The third kappa shape index (κ3) is 7.82. The Morgan fingerprint density at radius 3 is 2.64 bits per heavy atom. The molecule has 0 heterocycles. The minimum Gasteiger partial charge on any atom is -0.380 e. The summed E-state index contributed by atoms with van der Waals surface area (Å²) in [4.78, 5) is 0. The lowest BCUT2D eigenvalue weighted by molar-refractivity contribution is 0.106. The van der Waals surface area contributed by atoms with Gasteiger partial charge in [0.2, 0.25) is 0 Å². The number of rotatable bonds is 7. The van der Waals surface area contributed by atoms with Crippen LogP contribution < -0.4 is 5.32 Å². The molecule has 0 aliphatic heterocycles. The summed E-state index contributed by atoms with van der Waals surface area (Å²) in [6.45, 7) is 10.3. The third-order valence-corrected chi connectivity index (χ3v) is 1.77. The third-order valence-electron chi connectivity index (χ3n) is 1.77. The molecule has 11 heavy (non-hydrogen) atoms. The van der Waals surface area contributed by atoms with Crippen LogP contribution in [0, 0.1) is 5.92 Å². The van der Waals surface area contributed by atoms with E-state index in [0.717, 1.165) is 26.3 Å². The van der Waals surface area contributed by atoms with Crippen LogP contribution in [0.4, 0.5) is 0 Å². The Bertz CT molecular complexity index is 76.0. The predicted octanol–water partition coefficient (Wildman–Crippen LogP) is 1.66. The summed E-state index contributed by atoms with van der Waals surface area (Å²) in [5.74, 6) is 0.705. The lowest BCUT2D eigenvalue weighted by atomic mass is 10.1. The Balaban J connectivity index is 2.89. The van der Waals surface area contributed by atoms with Gasteiger partial charge in [0.15, 0.2) is 0 Å². The molecule has 1 N–H and O–H groups in total. The van der Waals surface area contributed by atoms with Crippen molar-refractivity contribution in [3.8, 4) is 0 Å². The molecular weight excluding hydrogens is 138 g/mol. The molecule has 0 saturated carbocycles. The fraction of sp³-hybridized carbons (Fsp3) is 1.00. The number of hydrogen-bond acceptors (Lipinski definition) is 2.